The quantitative estimate of drug-likeness (QED) is 0.131. The maximum Gasteiger partial charge on any atom is 0.272 e. The predicted octanol–water partition coefficient (Wildman–Crippen LogP) is 8.55. The van der Waals surface area contributed by atoms with Crippen molar-refractivity contribution in [2.24, 2.45) is 0 Å². The fourth-order valence-electron chi connectivity index (χ4n) is 4.91. The molecular formula is C37H28FN3O3S2. The van der Waals surface area contributed by atoms with Crippen LogP contribution in [-0.4, -0.2) is 23.0 Å². The molecule has 9 heteroatoms. The van der Waals surface area contributed by atoms with E-state index in [4.69, 9.17) is 0 Å². The summed E-state index contributed by atoms with van der Waals surface area (Å²) in [5.74, 6) is -1.73. The number of fused-ring (bicyclic) bond motifs is 2. The van der Waals surface area contributed by atoms with Crippen LogP contribution in [0.2, 0.25) is 0 Å². The molecule has 2 N–H and O–H groups in total. The van der Waals surface area contributed by atoms with Crippen LogP contribution in [0.25, 0.3) is 6.08 Å². The minimum atomic E-state index is -0.627. The molecule has 5 aromatic rings. The topological polar surface area (TPSA) is 78.5 Å². The van der Waals surface area contributed by atoms with Gasteiger partial charge in [-0.25, -0.2) is 4.39 Å². The largest absolute Gasteiger partial charge is 0.321 e. The van der Waals surface area contributed by atoms with Crippen LogP contribution in [0.3, 0.4) is 0 Å². The lowest BCUT2D eigenvalue weighted by Gasteiger charge is -2.32. The lowest BCUT2D eigenvalue weighted by atomic mass is 10.1. The van der Waals surface area contributed by atoms with Gasteiger partial charge in [0, 0.05) is 31.5 Å². The van der Waals surface area contributed by atoms with Crippen molar-refractivity contribution >= 4 is 64.4 Å². The molecule has 3 amide bonds. The molecule has 0 aliphatic carbocycles. The molecule has 0 bridgehead atoms. The number of nitrogens with zero attached hydrogens (tertiary/aromatic N) is 1. The SMILES string of the molecule is CC(Sc1cccc(NC(=O)/C(=C\c2ccccc2F)NC(=O)c2ccccc2)c1)C(=O)N1c2ccccc2Sc2ccccc21. The van der Waals surface area contributed by atoms with Gasteiger partial charge in [-0.3, -0.25) is 19.3 Å². The van der Waals surface area contributed by atoms with Crippen LogP contribution in [0.4, 0.5) is 21.5 Å². The molecule has 228 valence electrons. The van der Waals surface area contributed by atoms with E-state index in [0.29, 0.717) is 11.3 Å². The van der Waals surface area contributed by atoms with Gasteiger partial charge in [0.2, 0.25) is 5.91 Å². The molecule has 0 spiro atoms. The minimum Gasteiger partial charge on any atom is -0.321 e. The summed E-state index contributed by atoms with van der Waals surface area (Å²) in [5, 5.41) is 4.98. The Morgan fingerprint density at radius 1 is 0.783 bits per heavy atom. The summed E-state index contributed by atoms with van der Waals surface area (Å²) >= 11 is 3.01. The Morgan fingerprint density at radius 2 is 1.41 bits per heavy atom. The van der Waals surface area contributed by atoms with Gasteiger partial charge >= 0.3 is 0 Å². The summed E-state index contributed by atoms with van der Waals surface area (Å²) in [6, 6.07) is 37.3. The third-order valence-electron chi connectivity index (χ3n) is 7.14. The number of anilines is 3. The second-order valence-electron chi connectivity index (χ2n) is 10.4. The van der Waals surface area contributed by atoms with Gasteiger partial charge in [0.05, 0.1) is 16.6 Å². The first-order valence-electron chi connectivity index (χ1n) is 14.5. The highest BCUT2D eigenvalue weighted by Gasteiger charge is 2.31. The number of rotatable bonds is 8. The molecule has 0 radical (unpaired) electrons. The highest BCUT2D eigenvalue weighted by atomic mass is 32.2. The zero-order valence-electron chi connectivity index (χ0n) is 24.6. The van der Waals surface area contributed by atoms with Gasteiger partial charge in [0.25, 0.3) is 11.8 Å². The van der Waals surface area contributed by atoms with Crippen LogP contribution in [0.1, 0.15) is 22.8 Å². The number of para-hydroxylation sites is 2. The Morgan fingerprint density at radius 3 is 2.11 bits per heavy atom. The highest BCUT2D eigenvalue weighted by Crippen LogP contribution is 2.48. The van der Waals surface area contributed by atoms with Gasteiger partial charge in [-0.15, -0.1) is 11.8 Å². The standard InChI is InChI=1S/C37H28FN3O3S2/c1-24(37(44)41-31-18-7-9-20-33(31)46-34-21-10-8-19-32(34)41)45-28-16-11-15-27(23-28)39-36(43)30(22-26-14-5-6-17-29(26)38)40-35(42)25-12-3-2-4-13-25/h2-24H,1H3,(H,39,43)(H,40,42)/b30-22+. The van der Waals surface area contributed by atoms with Crippen molar-refractivity contribution in [2.45, 2.75) is 26.9 Å². The van der Waals surface area contributed by atoms with Crippen LogP contribution in [-0.2, 0) is 9.59 Å². The average molecular weight is 646 g/mol. The van der Waals surface area contributed by atoms with Gasteiger partial charge in [-0.2, -0.15) is 0 Å². The second-order valence-corrected chi connectivity index (χ2v) is 12.9. The van der Waals surface area contributed by atoms with E-state index in [1.807, 2.05) is 61.5 Å². The third-order valence-corrected chi connectivity index (χ3v) is 9.35. The fourth-order valence-corrected chi connectivity index (χ4v) is 6.94. The van der Waals surface area contributed by atoms with E-state index in [9.17, 15) is 18.8 Å². The van der Waals surface area contributed by atoms with Crippen molar-refractivity contribution in [3.8, 4) is 0 Å². The Balaban J connectivity index is 1.21. The van der Waals surface area contributed by atoms with E-state index >= 15 is 0 Å². The number of halogens is 1. The molecule has 1 unspecified atom stereocenters. The number of thioether (sulfide) groups is 1. The van der Waals surface area contributed by atoms with Gasteiger partial charge < -0.3 is 10.6 Å². The van der Waals surface area contributed by atoms with Crippen molar-refractivity contribution in [2.75, 3.05) is 10.2 Å². The van der Waals surface area contributed by atoms with Crippen molar-refractivity contribution in [1.29, 1.82) is 0 Å². The minimum absolute atomic E-state index is 0.0710. The molecule has 1 atom stereocenters. The van der Waals surface area contributed by atoms with Crippen molar-refractivity contribution in [3.05, 3.63) is 150 Å². The predicted molar refractivity (Wildman–Crippen MR) is 183 cm³/mol. The zero-order chi connectivity index (χ0) is 32.0. The summed E-state index contributed by atoms with van der Waals surface area (Å²) in [7, 11) is 0. The normalized spacial score (nSPS) is 12.8. The van der Waals surface area contributed by atoms with E-state index in [1.54, 1.807) is 77.3 Å². The number of hydrogen-bond donors (Lipinski definition) is 2. The summed E-state index contributed by atoms with van der Waals surface area (Å²) in [6.45, 7) is 1.86. The van der Waals surface area contributed by atoms with Gasteiger partial charge in [-0.05, 0) is 73.7 Å². The van der Waals surface area contributed by atoms with Crippen LogP contribution in [0.5, 0.6) is 0 Å². The van der Waals surface area contributed by atoms with E-state index in [1.165, 1.54) is 30.0 Å². The Labute approximate surface area is 274 Å². The van der Waals surface area contributed by atoms with E-state index in [0.717, 1.165) is 26.1 Å². The van der Waals surface area contributed by atoms with Gasteiger partial charge in [0.1, 0.15) is 11.5 Å². The number of benzene rings is 5. The molecular weight excluding hydrogens is 618 g/mol. The maximum absolute atomic E-state index is 14.5. The summed E-state index contributed by atoms with van der Waals surface area (Å²) < 4.78 is 14.5. The third kappa shape index (κ3) is 6.91. The Hall–Kier alpha value is -5.12. The van der Waals surface area contributed by atoms with Gasteiger partial charge in [-0.1, -0.05) is 78.5 Å². The smallest absolute Gasteiger partial charge is 0.272 e. The molecule has 46 heavy (non-hydrogen) atoms. The van der Waals surface area contributed by atoms with Gasteiger partial charge in [0.15, 0.2) is 0 Å². The molecule has 5 aromatic carbocycles. The van der Waals surface area contributed by atoms with Crippen LogP contribution >= 0.6 is 23.5 Å². The average Bonchev–Trinajstić information content (AvgIpc) is 3.08. The number of carbonyl (C=O) groups excluding carboxylic acids is 3. The Bertz CT molecular complexity index is 1920. The van der Waals surface area contributed by atoms with E-state index in [-0.39, 0.29) is 17.2 Å². The molecule has 1 aliphatic rings. The van der Waals surface area contributed by atoms with Crippen molar-refractivity contribution in [1.82, 2.24) is 5.32 Å². The lowest BCUT2D eigenvalue weighted by Crippen LogP contribution is -2.34. The Kier molecular flexibility index (Phi) is 9.33. The van der Waals surface area contributed by atoms with Crippen LogP contribution in [0.15, 0.2) is 148 Å². The first-order valence-corrected chi connectivity index (χ1v) is 16.2. The molecule has 6 nitrogen and oxygen atoms in total. The van der Waals surface area contributed by atoms with E-state index in [2.05, 4.69) is 10.6 Å². The first-order chi connectivity index (χ1) is 22.4. The summed E-state index contributed by atoms with van der Waals surface area (Å²) in [4.78, 5) is 44.9. The molecule has 1 heterocycles. The van der Waals surface area contributed by atoms with Crippen molar-refractivity contribution < 1.29 is 18.8 Å². The number of hydrogen-bond acceptors (Lipinski definition) is 5. The molecule has 6 rings (SSSR count). The number of nitrogens with one attached hydrogen (secondary N) is 2. The molecule has 0 saturated carbocycles. The van der Waals surface area contributed by atoms with Crippen LogP contribution in [0, 0.1) is 5.82 Å². The monoisotopic (exact) mass is 645 g/mol. The highest BCUT2D eigenvalue weighted by molar-refractivity contribution is 8.00. The maximum atomic E-state index is 14.5. The number of amides is 3. The number of carbonyl (C=O) groups is 3. The summed E-state index contributed by atoms with van der Waals surface area (Å²) in [6.07, 6.45) is 1.30. The first kappa shape index (κ1) is 30.9. The second kappa shape index (κ2) is 13.9. The summed E-state index contributed by atoms with van der Waals surface area (Å²) in [5.41, 5.74) is 2.52. The molecule has 0 fully saturated rings. The molecule has 0 saturated heterocycles. The molecule has 1 aliphatic heterocycles. The van der Waals surface area contributed by atoms with Crippen molar-refractivity contribution in [3.63, 3.8) is 0 Å². The lowest BCUT2D eigenvalue weighted by molar-refractivity contribution is -0.117. The zero-order valence-corrected chi connectivity index (χ0v) is 26.3. The fraction of sp³-hybridized carbons (Fsp3) is 0.0541. The van der Waals surface area contributed by atoms with E-state index < -0.39 is 22.9 Å². The molecule has 0 aromatic heterocycles. The van der Waals surface area contributed by atoms with Crippen LogP contribution < -0.4 is 15.5 Å².